The van der Waals surface area contributed by atoms with Crippen LogP contribution in [0.25, 0.3) is 22.4 Å². The van der Waals surface area contributed by atoms with Crippen LogP contribution in [0.1, 0.15) is 19.3 Å². The molecule has 0 bridgehead atoms. The van der Waals surface area contributed by atoms with Gasteiger partial charge in [-0.15, -0.1) is 10.2 Å². The Labute approximate surface area is 169 Å². The summed E-state index contributed by atoms with van der Waals surface area (Å²) >= 11 is 7.29. The van der Waals surface area contributed by atoms with Crippen molar-refractivity contribution in [2.24, 2.45) is 0 Å². The van der Waals surface area contributed by atoms with E-state index in [2.05, 4.69) is 15.2 Å². The van der Waals surface area contributed by atoms with Gasteiger partial charge in [-0.2, -0.15) is 8.78 Å². The Morgan fingerprint density at radius 1 is 1.07 bits per heavy atom. The van der Waals surface area contributed by atoms with Gasteiger partial charge in [-0.25, -0.2) is 4.98 Å². The number of para-hydroxylation sites is 2. The van der Waals surface area contributed by atoms with Crippen LogP contribution in [0.5, 0.6) is 0 Å². The molecule has 5 nitrogen and oxygen atoms in total. The minimum atomic E-state index is -2.66. The molecule has 0 saturated carbocycles. The summed E-state index contributed by atoms with van der Waals surface area (Å²) < 4.78 is 30.1. The van der Waals surface area contributed by atoms with Crippen molar-refractivity contribution in [1.82, 2.24) is 24.3 Å². The first-order valence-corrected chi connectivity index (χ1v) is 10.0. The fourth-order valence-electron chi connectivity index (χ4n) is 3.04. The maximum absolute atomic E-state index is 13.6. The number of fused-ring (bicyclic) bond motifs is 1. The fraction of sp³-hybridized carbons (Fsp3) is 0.211. The largest absolute Gasteiger partial charge is 0.320 e. The molecule has 0 unspecified atom stereocenters. The monoisotopic (exact) mass is 419 g/mol. The molecule has 0 N–H and O–H groups in total. The molecule has 0 aliphatic heterocycles. The van der Waals surface area contributed by atoms with E-state index in [0.717, 1.165) is 10.1 Å². The van der Waals surface area contributed by atoms with Crippen LogP contribution < -0.4 is 0 Å². The number of aromatic nitrogens is 5. The summed E-state index contributed by atoms with van der Waals surface area (Å²) in [6.07, 6.45) is 0. The highest BCUT2D eigenvalue weighted by Gasteiger charge is 2.19. The molecule has 28 heavy (non-hydrogen) atoms. The highest BCUT2D eigenvalue weighted by molar-refractivity contribution is 7.98. The lowest BCUT2D eigenvalue weighted by molar-refractivity contribution is 0.0722. The van der Waals surface area contributed by atoms with Gasteiger partial charge in [0.05, 0.1) is 16.8 Å². The lowest BCUT2D eigenvalue weighted by atomic mass is 10.2. The Kier molecular flexibility index (Phi) is 5.32. The molecule has 4 aromatic rings. The number of nitrogens with zero attached hydrogens (tertiary/aromatic N) is 5. The number of benzene rings is 2. The molecule has 0 saturated heterocycles. The summed E-state index contributed by atoms with van der Waals surface area (Å²) in [6, 6.07) is 14.2. The number of rotatable bonds is 6. The van der Waals surface area contributed by atoms with Crippen LogP contribution in [0.2, 0.25) is 5.02 Å². The number of thioether (sulfide) groups is 1. The molecule has 2 aromatic heterocycles. The topological polar surface area (TPSA) is 48.5 Å². The smallest absolute Gasteiger partial charge is 0.302 e. The van der Waals surface area contributed by atoms with Gasteiger partial charge in [-0.3, -0.25) is 4.57 Å². The second kappa shape index (κ2) is 7.89. The van der Waals surface area contributed by atoms with Gasteiger partial charge in [0.15, 0.2) is 11.0 Å². The first-order chi connectivity index (χ1) is 13.6. The van der Waals surface area contributed by atoms with Crippen molar-refractivity contribution in [3.05, 3.63) is 59.4 Å². The Hall–Kier alpha value is -2.45. The van der Waals surface area contributed by atoms with E-state index in [1.165, 1.54) is 11.8 Å². The first-order valence-electron chi connectivity index (χ1n) is 8.64. The summed E-state index contributed by atoms with van der Waals surface area (Å²) in [6.45, 7) is -0.0172. The second-order valence-electron chi connectivity index (χ2n) is 6.01. The van der Waals surface area contributed by atoms with Gasteiger partial charge in [-0.05, 0) is 43.3 Å². The van der Waals surface area contributed by atoms with E-state index >= 15 is 0 Å². The fourth-order valence-corrected chi connectivity index (χ4v) is 4.09. The van der Waals surface area contributed by atoms with Crippen LogP contribution in [-0.4, -0.2) is 24.3 Å². The van der Waals surface area contributed by atoms with Gasteiger partial charge in [-0.1, -0.05) is 35.5 Å². The quantitative estimate of drug-likeness (QED) is 0.378. The molecular weight excluding hydrogens is 404 g/mol. The van der Waals surface area contributed by atoms with Crippen molar-refractivity contribution < 1.29 is 8.78 Å². The Morgan fingerprint density at radius 3 is 2.54 bits per heavy atom. The minimum absolute atomic E-state index is 0.262. The van der Waals surface area contributed by atoms with E-state index in [4.69, 9.17) is 11.6 Å². The maximum atomic E-state index is 13.6. The molecule has 4 rings (SSSR count). The first kappa shape index (κ1) is 18.9. The van der Waals surface area contributed by atoms with Crippen molar-refractivity contribution in [1.29, 1.82) is 0 Å². The molecule has 2 aromatic carbocycles. The molecule has 144 valence electrons. The standard InChI is InChI=1S/C19H16ClF2N5S/c1-2-26-17(12-7-9-13(20)10-8-12)24-25-19(26)28-11-16-23-14-5-3-4-6-15(14)27(16)18(21)22/h3-10,18H,2,11H2,1H3. The summed E-state index contributed by atoms with van der Waals surface area (Å²) in [4.78, 5) is 4.37. The zero-order valence-electron chi connectivity index (χ0n) is 14.9. The zero-order chi connectivity index (χ0) is 19.7. The Morgan fingerprint density at radius 2 is 1.82 bits per heavy atom. The minimum Gasteiger partial charge on any atom is -0.302 e. The van der Waals surface area contributed by atoms with Gasteiger partial charge < -0.3 is 4.57 Å². The highest BCUT2D eigenvalue weighted by atomic mass is 35.5. The van der Waals surface area contributed by atoms with Crippen LogP contribution in [-0.2, 0) is 12.3 Å². The normalized spacial score (nSPS) is 11.6. The molecular formula is C19H16ClF2N5S. The van der Waals surface area contributed by atoms with E-state index in [1.54, 1.807) is 36.4 Å². The van der Waals surface area contributed by atoms with Gasteiger partial charge in [0, 0.05) is 17.1 Å². The second-order valence-corrected chi connectivity index (χ2v) is 7.39. The number of halogens is 3. The van der Waals surface area contributed by atoms with Crippen LogP contribution in [0.4, 0.5) is 8.78 Å². The SMILES string of the molecule is CCn1c(SCc2nc3ccccc3n2C(F)F)nnc1-c1ccc(Cl)cc1. The number of imidazole rings is 1. The highest BCUT2D eigenvalue weighted by Crippen LogP contribution is 2.30. The molecule has 9 heteroatoms. The summed E-state index contributed by atoms with van der Waals surface area (Å²) in [7, 11) is 0. The maximum Gasteiger partial charge on any atom is 0.320 e. The molecule has 0 radical (unpaired) electrons. The molecule has 0 aliphatic carbocycles. The van der Waals surface area contributed by atoms with E-state index in [0.29, 0.717) is 39.4 Å². The van der Waals surface area contributed by atoms with Crippen molar-refractivity contribution >= 4 is 34.4 Å². The molecule has 0 amide bonds. The van der Waals surface area contributed by atoms with E-state index in [9.17, 15) is 8.78 Å². The zero-order valence-corrected chi connectivity index (χ0v) is 16.5. The summed E-state index contributed by atoms with van der Waals surface area (Å²) in [5, 5.41) is 9.82. The third-order valence-corrected chi connectivity index (χ3v) is 5.54. The Bertz CT molecular complexity index is 1110. The predicted molar refractivity (Wildman–Crippen MR) is 107 cm³/mol. The van der Waals surface area contributed by atoms with Crippen LogP contribution in [0.15, 0.2) is 53.7 Å². The summed E-state index contributed by atoms with van der Waals surface area (Å²) in [5.74, 6) is 1.28. The van der Waals surface area contributed by atoms with Gasteiger partial charge >= 0.3 is 6.55 Å². The molecule has 0 spiro atoms. The number of hydrogen-bond donors (Lipinski definition) is 0. The molecule has 2 heterocycles. The van der Waals surface area contributed by atoms with Gasteiger partial charge in [0.25, 0.3) is 0 Å². The molecule has 0 atom stereocenters. The summed E-state index contributed by atoms with van der Waals surface area (Å²) in [5.41, 5.74) is 1.87. The average Bonchev–Trinajstić information content (AvgIpc) is 3.27. The number of hydrogen-bond acceptors (Lipinski definition) is 4. The van der Waals surface area contributed by atoms with Crippen molar-refractivity contribution in [2.45, 2.75) is 30.9 Å². The average molecular weight is 420 g/mol. The van der Waals surface area contributed by atoms with E-state index in [-0.39, 0.29) is 5.75 Å². The Balaban J connectivity index is 1.63. The lowest BCUT2D eigenvalue weighted by Gasteiger charge is -2.09. The van der Waals surface area contributed by atoms with E-state index < -0.39 is 6.55 Å². The van der Waals surface area contributed by atoms with Gasteiger partial charge in [0.2, 0.25) is 0 Å². The van der Waals surface area contributed by atoms with Gasteiger partial charge in [0.1, 0.15) is 5.82 Å². The van der Waals surface area contributed by atoms with Crippen LogP contribution in [0, 0.1) is 0 Å². The van der Waals surface area contributed by atoms with Crippen molar-refractivity contribution in [2.75, 3.05) is 0 Å². The predicted octanol–water partition coefficient (Wildman–Crippen LogP) is 5.66. The third kappa shape index (κ3) is 3.49. The number of alkyl halides is 2. The van der Waals surface area contributed by atoms with Crippen LogP contribution >= 0.6 is 23.4 Å². The molecule has 0 fully saturated rings. The lowest BCUT2D eigenvalue weighted by Crippen LogP contribution is -2.04. The van der Waals surface area contributed by atoms with Crippen molar-refractivity contribution in [3.63, 3.8) is 0 Å². The van der Waals surface area contributed by atoms with Crippen molar-refractivity contribution in [3.8, 4) is 11.4 Å². The van der Waals surface area contributed by atoms with E-state index in [1.807, 2.05) is 23.6 Å². The third-order valence-electron chi connectivity index (χ3n) is 4.33. The molecule has 0 aliphatic rings. The van der Waals surface area contributed by atoms with Crippen LogP contribution in [0.3, 0.4) is 0 Å².